The van der Waals surface area contributed by atoms with Gasteiger partial charge in [0.1, 0.15) is 11.3 Å². The van der Waals surface area contributed by atoms with Crippen molar-refractivity contribution in [2.45, 2.75) is 18.2 Å². The Bertz CT molecular complexity index is 1170. The molecule has 29 heavy (non-hydrogen) atoms. The standard InChI is InChI=1S/C20H20N6O2S/c1-28-15-7-5-13(6-8-15)11-22-17-16-18(25-19(24-17)29-2)26(20(27)23-16)12-14-4-3-9-21-10-14/h3-10H,11-12H2,1-2H3,(H,23,27)(H,22,24,25). The molecule has 0 aliphatic rings. The maximum Gasteiger partial charge on any atom is 0.328 e. The van der Waals surface area contributed by atoms with Crippen molar-refractivity contribution in [1.29, 1.82) is 0 Å². The van der Waals surface area contributed by atoms with Crippen molar-refractivity contribution >= 4 is 28.7 Å². The van der Waals surface area contributed by atoms with Crippen LogP contribution >= 0.6 is 11.8 Å². The van der Waals surface area contributed by atoms with Gasteiger partial charge in [0.05, 0.1) is 13.7 Å². The van der Waals surface area contributed by atoms with Gasteiger partial charge in [0, 0.05) is 18.9 Å². The van der Waals surface area contributed by atoms with Gasteiger partial charge < -0.3 is 15.0 Å². The largest absolute Gasteiger partial charge is 0.497 e. The van der Waals surface area contributed by atoms with Crippen molar-refractivity contribution in [3.8, 4) is 5.75 Å². The minimum Gasteiger partial charge on any atom is -0.497 e. The molecule has 0 aliphatic carbocycles. The van der Waals surface area contributed by atoms with Gasteiger partial charge in [-0.25, -0.2) is 14.8 Å². The van der Waals surface area contributed by atoms with E-state index in [4.69, 9.17) is 4.74 Å². The number of nitrogens with one attached hydrogen (secondary N) is 2. The molecule has 0 atom stereocenters. The summed E-state index contributed by atoms with van der Waals surface area (Å²) in [6.45, 7) is 0.940. The lowest BCUT2D eigenvalue weighted by atomic mass is 10.2. The molecule has 0 bridgehead atoms. The molecule has 0 radical (unpaired) electrons. The summed E-state index contributed by atoms with van der Waals surface area (Å²) in [6.07, 6.45) is 5.35. The number of hydrogen-bond donors (Lipinski definition) is 2. The van der Waals surface area contributed by atoms with Crippen LogP contribution in [-0.4, -0.2) is 37.9 Å². The first-order valence-corrected chi connectivity index (χ1v) is 10.2. The topological polar surface area (TPSA) is 97.7 Å². The first-order valence-electron chi connectivity index (χ1n) is 8.98. The summed E-state index contributed by atoms with van der Waals surface area (Å²) in [5.41, 5.74) is 2.91. The molecular weight excluding hydrogens is 388 g/mol. The minimum atomic E-state index is -0.232. The third-order valence-electron chi connectivity index (χ3n) is 4.47. The molecular formula is C20H20N6O2S. The van der Waals surface area contributed by atoms with Crippen molar-refractivity contribution in [1.82, 2.24) is 24.5 Å². The van der Waals surface area contributed by atoms with E-state index in [1.54, 1.807) is 24.1 Å². The summed E-state index contributed by atoms with van der Waals surface area (Å²) in [6, 6.07) is 11.6. The van der Waals surface area contributed by atoms with Crippen LogP contribution in [0.4, 0.5) is 5.82 Å². The van der Waals surface area contributed by atoms with Crippen LogP contribution in [0.5, 0.6) is 5.75 Å². The van der Waals surface area contributed by atoms with E-state index < -0.39 is 0 Å². The van der Waals surface area contributed by atoms with Crippen LogP contribution in [0, 0.1) is 0 Å². The number of ether oxygens (including phenoxy) is 1. The van der Waals surface area contributed by atoms with Crippen molar-refractivity contribution in [3.05, 3.63) is 70.4 Å². The van der Waals surface area contributed by atoms with E-state index in [-0.39, 0.29) is 5.69 Å². The van der Waals surface area contributed by atoms with Crippen molar-refractivity contribution < 1.29 is 4.74 Å². The van der Waals surface area contributed by atoms with Crippen molar-refractivity contribution in [3.63, 3.8) is 0 Å². The third-order valence-corrected chi connectivity index (χ3v) is 5.01. The predicted octanol–water partition coefficient (Wildman–Crippen LogP) is 2.91. The van der Waals surface area contributed by atoms with Gasteiger partial charge in [-0.15, -0.1) is 0 Å². The molecule has 2 N–H and O–H groups in total. The Kier molecular flexibility index (Phi) is 5.48. The number of thioether (sulfide) groups is 1. The smallest absolute Gasteiger partial charge is 0.328 e. The maximum absolute atomic E-state index is 12.6. The summed E-state index contributed by atoms with van der Waals surface area (Å²) in [4.78, 5) is 28.7. The second-order valence-corrected chi connectivity index (χ2v) is 7.11. The van der Waals surface area contributed by atoms with Crippen LogP contribution in [-0.2, 0) is 13.1 Å². The summed E-state index contributed by atoms with van der Waals surface area (Å²) < 4.78 is 6.80. The first-order chi connectivity index (χ1) is 14.2. The first kappa shape index (κ1) is 19.0. The quantitative estimate of drug-likeness (QED) is 0.358. The highest BCUT2D eigenvalue weighted by Gasteiger charge is 2.15. The molecule has 4 rings (SSSR count). The van der Waals surface area contributed by atoms with E-state index >= 15 is 0 Å². The molecule has 9 heteroatoms. The van der Waals surface area contributed by atoms with Gasteiger partial charge in [0.15, 0.2) is 16.6 Å². The van der Waals surface area contributed by atoms with Gasteiger partial charge in [0.25, 0.3) is 0 Å². The number of nitrogens with zero attached hydrogens (tertiary/aromatic N) is 4. The van der Waals surface area contributed by atoms with E-state index in [1.165, 1.54) is 11.8 Å². The molecule has 0 amide bonds. The van der Waals surface area contributed by atoms with E-state index in [0.717, 1.165) is 16.9 Å². The zero-order chi connectivity index (χ0) is 20.2. The van der Waals surface area contributed by atoms with Crippen LogP contribution < -0.4 is 15.7 Å². The Balaban J connectivity index is 1.68. The second kappa shape index (κ2) is 8.36. The molecule has 8 nitrogen and oxygen atoms in total. The number of pyridine rings is 1. The molecule has 0 aliphatic heterocycles. The number of anilines is 1. The molecule has 1 aromatic carbocycles. The molecule has 148 valence electrons. The third kappa shape index (κ3) is 4.09. The summed E-state index contributed by atoms with van der Waals surface area (Å²) >= 11 is 1.43. The Labute approximate surface area is 171 Å². The Morgan fingerprint density at radius 2 is 2.00 bits per heavy atom. The van der Waals surface area contributed by atoms with Gasteiger partial charge in [0.2, 0.25) is 0 Å². The molecule has 0 saturated carbocycles. The second-order valence-electron chi connectivity index (χ2n) is 6.34. The number of rotatable bonds is 7. The SMILES string of the molecule is COc1ccc(CNc2nc(SC)nc3c2[nH]c(=O)n3Cc2cccnc2)cc1. The van der Waals surface area contributed by atoms with Crippen LogP contribution in [0.3, 0.4) is 0 Å². The monoisotopic (exact) mass is 408 g/mol. The van der Waals surface area contributed by atoms with Gasteiger partial charge in [-0.05, 0) is 35.6 Å². The van der Waals surface area contributed by atoms with Gasteiger partial charge in [-0.2, -0.15) is 0 Å². The number of benzene rings is 1. The van der Waals surface area contributed by atoms with E-state index in [1.807, 2.05) is 42.7 Å². The van der Waals surface area contributed by atoms with E-state index in [9.17, 15) is 4.79 Å². The summed E-state index contributed by atoms with van der Waals surface area (Å²) in [5.74, 6) is 1.40. The van der Waals surface area contributed by atoms with Gasteiger partial charge in [-0.1, -0.05) is 30.0 Å². The number of H-pyrrole nitrogens is 1. The molecule has 3 heterocycles. The number of fused-ring (bicyclic) bond motifs is 1. The zero-order valence-corrected chi connectivity index (χ0v) is 16.9. The molecule has 0 spiro atoms. The average Bonchev–Trinajstić information content (AvgIpc) is 3.08. The Morgan fingerprint density at radius 3 is 2.69 bits per heavy atom. The molecule has 4 aromatic rings. The van der Waals surface area contributed by atoms with Crippen LogP contribution in [0.2, 0.25) is 0 Å². The Hall–Kier alpha value is -3.33. The number of aromatic nitrogens is 5. The molecule has 0 saturated heterocycles. The highest BCUT2D eigenvalue weighted by molar-refractivity contribution is 7.98. The number of hydrogen-bond acceptors (Lipinski definition) is 7. The van der Waals surface area contributed by atoms with Gasteiger partial charge in [-0.3, -0.25) is 9.55 Å². The highest BCUT2D eigenvalue weighted by atomic mass is 32.2. The maximum atomic E-state index is 12.6. The molecule has 3 aromatic heterocycles. The van der Waals surface area contributed by atoms with E-state index in [0.29, 0.717) is 35.2 Å². The van der Waals surface area contributed by atoms with Crippen LogP contribution in [0.1, 0.15) is 11.1 Å². The number of methoxy groups -OCH3 is 1. The van der Waals surface area contributed by atoms with Crippen LogP contribution in [0.25, 0.3) is 11.2 Å². The minimum absolute atomic E-state index is 0.232. The molecule has 0 unspecified atom stereocenters. The van der Waals surface area contributed by atoms with Crippen molar-refractivity contribution in [2.24, 2.45) is 0 Å². The fraction of sp³-hybridized carbons (Fsp3) is 0.200. The fourth-order valence-corrected chi connectivity index (χ4v) is 3.34. The zero-order valence-electron chi connectivity index (χ0n) is 16.0. The highest BCUT2D eigenvalue weighted by Crippen LogP contribution is 2.22. The van der Waals surface area contributed by atoms with Crippen LogP contribution in [0.15, 0.2) is 58.7 Å². The van der Waals surface area contributed by atoms with E-state index in [2.05, 4.69) is 25.3 Å². The molecule has 0 fully saturated rings. The summed E-state index contributed by atoms with van der Waals surface area (Å²) in [7, 11) is 1.64. The average molecular weight is 408 g/mol. The lowest BCUT2D eigenvalue weighted by molar-refractivity contribution is 0.414. The summed E-state index contributed by atoms with van der Waals surface area (Å²) in [5, 5.41) is 3.91. The normalized spacial score (nSPS) is 11.0. The lowest BCUT2D eigenvalue weighted by Gasteiger charge is -2.09. The number of imidazole rings is 1. The predicted molar refractivity (Wildman–Crippen MR) is 114 cm³/mol. The number of aromatic amines is 1. The lowest BCUT2D eigenvalue weighted by Crippen LogP contribution is -2.17. The Morgan fingerprint density at radius 1 is 1.17 bits per heavy atom. The van der Waals surface area contributed by atoms with Crippen molar-refractivity contribution in [2.75, 3.05) is 18.7 Å². The fourth-order valence-electron chi connectivity index (χ4n) is 2.98. The van der Waals surface area contributed by atoms with Gasteiger partial charge >= 0.3 is 5.69 Å².